The molecule has 0 saturated heterocycles. The number of rotatable bonds is 11. The van der Waals surface area contributed by atoms with Crippen LogP contribution >= 0.6 is 0 Å². The number of non-ortho nitro benzene ring substituents is 1. The van der Waals surface area contributed by atoms with Crippen LogP contribution in [0.1, 0.15) is 41.3 Å². The van der Waals surface area contributed by atoms with Gasteiger partial charge in [-0.2, -0.15) is 0 Å². The van der Waals surface area contributed by atoms with E-state index in [-0.39, 0.29) is 53.9 Å². The van der Waals surface area contributed by atoms with Gasteiger partial charge in [0.2, 0.25) is 6.79 Å². The molecule has 0 radical (unpaired) electrons. The highest BCUT2D eigenvalue weighted by Gasteiger charge is 2.38. The first-order valence-electron chi connectivity index (χ1n) is 14.3. The minimum atomic E-state index is -1.02. The lowest BCUT2D eigenvalue weighted by Gasteiger charge is -2.30. The Labute approximate surface area is 268 Å². The number of hydrogen-bond acceptors (Lipinski definition) is 12. The number of nitro groups is 1. The summed E-state index contributed by atoms with van der Waals surface area (Å²) >= 11 is 0. The monoisotopic (exact) mass is 642 g/mol. The molecule has 0 spiro atoms. The maximum Gasteiger partial charge on any atom is 0.336 e. The van der Waals surface area contributed by atoms with Gasteiger partial charge in [0.15, 0.2) is 17.3 Å². The molecule has 1 atom stereocenters. The maximum absolute atomic E-state index is 13.5. The van der Waals surface area contributed by atoms with Gasteiger partial charge >= 0.3 is 11.9 Å². The number of allylic oxidation sites excluding steroid dienone is 3. The Morgan fingerprint density at radius 2 is 1.72 bits per heavy atom. The number of hydrogen-bond donors (Lipinski definition) is 2. The molecule has 47 heavy (non-hydrogen) atoms. The van der Waals surface area contributed by atoms with E-state index in [1.54, 1.807) is 44.2 Å². The van der Waals surface area contributed by atoms with Gasteiger partial charge in [-0.25, -0.2) is 9.59 Å². The molecule has 0 aliphatic carbocycles. The fourth-order valence-electron chi connectivity index (χ4n) is 5.27. The number of dihydropyridines is 1. The first-order chi connectivity index (χ1) is 22.6. The maximum atomic E-state index is 13.5. The predicted molar refractivity (Wildman–Crippen MR) is 167 cm³/mol. The van der Waals surface area contributed by atoms with Crippen LogP contribution in [0.4, 0.5) is 5.69 Å². The lowest BCUT2D eigenvalue weighted by atomic mass is 9.80. The number of esters is 2. The molecule has 5 rings (SSSR count). The molecule has 3 aromatic rings. The first-order valence-corrected chi connectivity index (χ1v) is 14.3. The number of carbonyl (C=O) groups is 3. The normalized spacial score (nSPS) is 15.3. The molecule has 2 aliphatic heterocycles. The molecule has 1 unspecified atom stereocenters. The molecular weight excluding hydrogens is 612 g/mol. The van der Waals surface area contributed by atoms with Crippen molar-refractivity contribution in [3.63, 3.8) is 0 Å². The number of aromatic hydroxyl groups is 1. The number of carbonyl (C=O) groups excluding carboxylic acids is 3. The number of ether oxygens (including phenoxy) is 5. The summed E-state index contributed by atoms with van der Waals surface area (Å²) in [4.78, 5) is 50.3. The summed E-state index contributed by atoms with van der Waals surface area (Å²) in [5.74, 6) is -1.84. The van der Waals surface area contributed by atoms with Crippen LogP contribution in [0.15, 0.2) is 89.3 Å². The lowest BCUT2D eigenvalue weighted by molar-refractivity contribution is -0.384. The highest BCUT2D eigenvalue weighted by Crippen LogP contribution is 2.40. The van der Waals surface area contributed by atoms with Gasteiger partial charge in [-0.15, -0.1) is 0 Å². The second kappa shape index (κ2) is 13.9. The Hall–Kier alpha value is -6.11. The van der Waals surface area contributed by atoms with E-state index in [1.807, 2.05) is 0 Å². The summed E-state index contributed by atoms with van der Waals surface area (Å²) < 4.78 is 26.9. The smallest absolute Gasteiger partial charge is 0.336 e. The van der Waals surface area contributed by atoms with Crippen molar-refractivity contribution in [1.29, 1.82) is 0 Å². The third kappa shape index (κ3) is 7.09. The van der Waals surface area contributed by atoms with Crippen LogP contribution in [0.2, 0.25) is 0 Å². The summed E-state index contributed by atoms with van der Waals surface area (Å²) in [6.45, 7) is 2.92. The van der Waals surface area contributed by atoms with Gasteiger partial charge in [0.05, 0.1) is 34.7 Å². The topological polar surface area (TPSA) is 173 Å². The molecule has 0 amide bonds. The average Bonchev–Trinajstić information content (AvgIpc) is 3.53. The summed E-state index contributed by atoms with van der Waals surface area (Å²) in [6.07, 6.45) is 2.96. The fourth-order valence-corrected chi connectivity index (χ4v) is 5.27. The Balaban J connectivity index is 1.30. The van der Waals surface area contributed by atoms with Crippen LogP contribution < -0.4 is 19.5 Å². The van der Waals surface area contributed by atoms with E-state index >= 15 is 0 Å². The van der Waals surface area contributed by atoms with Crippen molar-refractivity contribution in [1.82, 2.24) is 5.32 Å². The Morgan fingerprint density at radius 1 is 0.979 bits per heavy atom. The van der Waals surface area contributed by atoms with Crippen molar-refractivity contribution in [3.05, 3.63) is 116 Å². The second-order valence-corrected chi connectivity index (χ2v) is 10.5. The standard InChI is InChI=1S/C34H30N2O11/c1-19-30(33(39)43-3)32(22-5-4-6-23(16-22)36(41)42)31(20(2)35-19)34(40)45-14-13-44-28-17-24(37)9-10-25(28)26(38)11-7-21-8-12-27-29(15-21)47-18-46-27/h4-12,15-17,32,35,37H,13-14,18H2,1-3H3/b11-7+. The zero-order valence-electron chi connectivity index (χ0n) is 25.6. The minimum Gasteiger partial charge on any atom is -0.508 e. The second-order valence-electron chi connectivity index (χ2n) is 10.5. The molecule has 13 heteroatoms. The molecule has 242 valence electrons. The van der Waals surface area contributed by atoms with Gasteiger partial charge in [0.1, 0.15) is 24.7 Å². The van der Waals surface area contributed by atoms with Gasteiger partial charge < -0.3 is 34.1 Å². The summed E-state index contributed by atoms with van der Waals surface area (Å²) in [7, 11) is 1.20. The van der Waals surface area contributed by atoms with Crippen molar-refractivity contribution in [2.24, 2.45) is 0 Å². The summed E-state index contributed by atoms with van der Waals surface area (Å²) in [5, 5.41) is 24.5. The minimum absolute atomic E-state index is 0.0541. The molecule has 2 heterocycles. The number of phenolic OH excluding ortho intramolecular Hbond substituents is 1. The highest BCUT2D eigenvalue weighted by atomic mass is 16.7. The Kier molecular flexibility index (Phi) is 9.55. The SMILES string of the molecule is COC(=O)C1=C(C)NC(C)=C(C(=O)OCCOc2cc(O)ccc2C(=O)/C=C/c2ccc3c(c2)OCO3)C1c1cccc([N+](=O)[O-])c1. The number of methoxy groups -OCH3 is 1. The summed E-state index contributed by atoms with van der Waals surface area (Å²) in [5.41, 5.74) is 1.92. The number of fused-ring (bicyclic) bond motifs is 1. The molecule has 3 aromatic carbocycles. The zero-order valence-corrected chi connectivity index (χ0v) is 25.6. The van der Waals surface area contributed by atoms with Crippen molar-refractivity contribution in [3.8, 4) is 23.0 Å². The van der Waals surface area contributed by atoms with Crippen molar-refractivity contribution < 1.29 is 48.1 Å². The third-order valence-electron chi connectivity index (χ3n) is 7.43. The van der Waals surface area contributed by atoms with Crippen LogP contribution in [0, 0.1) is 10.1 Å². The molecule has 0 saturated carbocycles. The molecule has 2 N–H and O–H groups in total. The Bertz CT molecular complexity index is 1860. The summed E-state index contributed by atoms with van der Waals surface area (Å²) in [6, 6.07) is 14.9. The number of benzene rings is 3. The highest BCUT2D eigenvalue weighted by molar-refractivity contribution is 6.08. The van der Waals surface area contributed by atoms with Gasteiger partial charge in [-0.1, -0.05) is 24.3 Å². The zero-order chi connectivity index (χ0) is 33.7. The molecule has 0 aromatic heterocycles. The van der Waals surface area contributed by atoms with Gasteiger partial charge in [0, 0.05) is 29.6 Å². The number of nitrogens with one attached hydrogen (secondary N) is 1. The lowest BCUT2D eigenvalue weighted by Crippen LogP contribution is -2.32. The van der Waals surface area contributed by atoms with Crippen LogP contribution in [-0.2, 0) is 19.1 Å². The van der Waals surface area contributed by atoms with E-state index < -0.39 is 28.6 Å². The van der Waals surface area contributed by atoms with Crippen molar-refractivity contribution >= 4 is 29.5 Å². The van der Waals surface area contributed by atoms with Crippen LogP contribution in [-0.4, -0.2) is 54.9 Å². The largest absolute Gasteiger partial charge is 0.508 e. The predicted octanol–water partition coefficient (Wildman–Crippen LogP) is 4.96. The average molecular weight is 643 g/mol. The van der Waals surface area contributed by atoms with Crippen molar-refractivity contribution in [2.45, 2.75) is 19.8 Å². The molecule has 0 fully saturated rings. The van der Waals surface area contributed by atoms with E-state index in [2.05, 4.69) is 5.32 Å². The quantitative estimate of drug-likeness (QED) is 0.0720. The van der Waals surface area contributed by atoms with E-state index in [0.717, 1.165) is 0 Å². The number of nitro benzene ring substituents is 1. The van der Waals surface area contributed by atoms with Gasteiger partial charge in [-0.05, 0) is 55.3 Å². The van der Waals surface area contributed by atoms with E-state index in [1.165, 1.54) is 49.6 Å². The number of phenols is 1. The van der Waals surface area contributed by atoms with Crippen molar-refractivity contribution in [2.75, 3.05) is 27.1 Å². The third-order valence-corrected chi connectivity index (χ3v) is 7.43. The van der Waals surface area contributed by atoms with Crippen LogP contribution in [0.3, 0.4) is 0 Å². The molecule has 13 nitrogen and oxygen atoms in total. The van der Waals surface area contributed by atoms with E-state index in [4.69, 9.17) is 23.7 Å². The molecular formula is C34H30N2O11. The molecule has 0 bridgehead atoms. The number of nitrogens with zero attached hydrogens (tertiary/aromatic N) is 1. The van der Waals surface area contributed by atoms with E-state index in [9.17, 15) is 29.6 Å². The van der Waals surface area contributed by atoms with Gasteiger partial charge in [0.25, 0.3) is 5.69 Å². The first kappa shape index (κ1) is 32.3. The Morgan fingerprint density at radius 3 is 2.47 bits per heavy atom. The van der Waals surface area contributed by atoms with Gasteiger partial charge in [-0.3, -0.25) is 14.9 Å². The number of ketones is 1. The van der Waals surface area contributed by atoms with Crippen LogP contribution in [0.5, 0.6) is 23.0 Å². The fraction of sp³-hybridized carbons (Fsp3) is 0.206. The van der Waals surface area contributed by atoms with Crippen LogP contribution in [0.25, 0.3) is 6.08 Å². The van der Waals surface area contributed by atoms with E-state index in [0.29, 0.717) is 34.0 Å². The molecule has 2 aliphatic rings.